The zero-order valence-electron chi connectivity index (χ0n) is 18.6. The topological polar surface area (TPSA) is 66.7 Å². The summed E-state index contributed by atoms with van der Waals surface area (Å²) in [5.41, 5.74) is 3.73. The van der Waals surface area contributed by atoms with Crippen molar-refractivity contribution in [3.05, 3.63) is 82.1 Å². The molecule has 0 spiro atoms. The Bertz CT molecular complexity index is 1430. The van der Waals surface area contributed by atoms with Gasteiger partial charge in [0.25, 0.3) is 11.8 Å². The van der Waals surface area contributed by atoms with E-state index < -0.39 is 0 Å². The Morgan fingerprint density at radius 2 is 2.03 bits per heavy atom. The number of amides is 2. The third-order valence-corrected chi connectivity index (χ3v) is 7.88. The number of likely N-dealkylation sites (tertiary alicyclic amines) is 1. The fourth-order valence-electron chi connectivity index (χ4n) is 5.24. The number of fused-ring (bicyclic) bond motifs is 2. The zero-order chi connectivity index (χ0) is 23.4. The van der Waals surface area contributed by atoms with E-state index in [0.717, 1.165) is 28.9 Å². The van der Waals surface area contributed by atoms with E-state index in [1.54, 1.807) is 0 Å². The minimum absolute atomic E-state index is 0.0144. The maximum atomic E-state index is 13.8. The van der Waals surface area contributed by atoms with Crippen LogP contribution in [-0.4, -0.2) is 44.7 Å². The van der Waals surface area contributed by atoms with E-state index in [2.05, 4.69) is 10.3 Å². The number of nitrogens with zero attached hydrogens (tertiary/aromatic N) is 3. The molecule has 6 nitrogen and oxygen atoms in total. The van der Waals surface area contributed by atoms with Gasteiger partial charge in [-0.1, -0.05) is 41.9 Å². The second-order valence-corrected chi connectivity index (χ2v) is 10.3. The summed E-state index contributed by atoms with van der Waals surface area (Å²) in [5.74, 6) is 0.376. The molecular weight excluding hydrogens is 468 g/mol. The van der Waals surface area contributed by atoms with Gasteiger partial charge < -0.3 is 10.2 Å². The predicted molar refractivity (Wildman–Crippen MR) is 133 cm³/mol. The molecule has 1 saturated heterocycles. The molecule has 0 unspecified atom stereocenters. The quantitative estimate of drug-likeness (QED) is 0.425. The number of aromatic nitrogens is 2. The van der Waals surface area contributed by atoms with Gasteiger partial charge in [0.15, 0.2) is 4.96 Å². The maximum Gasteiger partial charge on any atom is 0.270 e. The van der Waals surface area contributed by atoms with Crippen LogP contribution in [0.3, 0.4) is 0 Å². The molecule has 1 N–H and O–H groups in total. The molecule has 0 radical (unpaired) electrons. The van der Waals surface area contributed by atoms with Crippen molar-refractivity contribution < 1.29 is 9.59 Å². The van der Waals surface area contributed by atoms with Crippen molar-refractivity contribution in [2.75, 3.05) is 6.54 Å². The van der Waals surface area contributed by atoms with Crippen LogP contribution >= 0.6 is 22.9 Å². The SMILES string of the molecule is Cc1nc2sccn2c1C(=O)NC[C@@H]1C[C@@H]2C[C@@H]2N1C(=O)c1ccccc1-c1cccc(Cl)c1. The van der Waals surface area contributed by atoms with E-state index >= 15 is 0 Å². The number of carbonyl (C=O) groups is 2. The molecule has 1 aliphatic heterocycles. The summed E-state index contributed by atoms with van der Waals surface area (Å²) in [6.45, 7) is 2.27. The van der Waals surface area contributed by atoms with Crippen molar-refractivity contribution in [2.45, 2.75) is 31.8 Å². The first kappa shape index (κ1) is 21.4. The van der Waals surface area contributed by atoms with Gasteiger partial charge in [0.2, 0.25) is 0 Å². The van der Waals surface area contributed by atoms with Crippen LogP contribution in [0.2, 0.25) is 5.02 Å². The Kier molecular flexibility index (Phi) is 5.19. The molecule has 1 aliphatic carbocycles. The van der Waals surface area contributed by atoms with Crippen LogP contribution in [0.5, 0.6) is 0 Å². The van der Waals surface area contributed by atoms with Gasteiger partial charge in [-0.3, -0.25) is 14.0 Å². The van der Waals surface area contributed by atoms with Crippen molar-refractivity contribution in [1.29, 1.82) is 0 Å². The largest absolute Gasteiger partial charge is 0.349 e. The highest BCUT2D eigenvalue weighted by molar-refractivity contribution is 7.15. The summed E-state index contributed by atoms with van der Waals surface area (Å²) >= 11 is 7.72. The molecule has 2 aromatic carbocycles. The lowest BCUT2D eigenvalue weighted by Gasteiger charge is -2.29. The first-order valence-corrected chi connectivity index (χ1v) is 12.6. The van der Waals surface area contributed by atoms with Crippen LogP contribution in [0, 0.1) is 12.8 Å². The molecule has 172 valence electrons. The smallest absolute Gasteiger partial charge is 0.270 e. The van der Waals surface area contributed by atoms with Crippen molar-refractivity contribution in [3.63, 3.8) is 0 Å². The van der Waals surface area contributed by atoms with Crippen LogP contribution < -0.4 is 5.32 Å². The molecule has 2 fully saturated rings. The molecule has 3 atom stereocenters. The highest BCUT2D eigenvalue weighted by Gasteiger charge is 2.54. The molecule has 6 rings (SSSR count). The molecule has 0 bridgehead atoms. The fraction of sp³-hybridized carbons (Fsp3) is 0.269. The lowest BCUT2D eigenvalue weighted by molar-refractivity contribution is 0.0689. The summed E-state index contributed by atoms with van der Waals surface area (Å²) in [5, 5.41) is 5.63. The van der Waals surface area contributed by atoms with Crippen LogP contribution in [-0.2, 0) is 0 Å². The number of benzene rings is 2. The van der Waals surface area contributed by atoms with Crippen LogP contribution in [0.4, 0.5) is 0 Å². The Labute approximate surface area is 206 Å². The van der Waals surface area contributed by atoms with Gasteiger partial charge in [0.05, 0.1) is 11.7 Å². The highest BCUT2D eigenvalue weighted by atomic mass is 35.5. The summed E-state index contributed by atoms with van der Waals surface area (Å²) in [6, 6.07) is 15.5. The minimum Gasteiger partial charge on any atom is -0.349 e. The standard InChI is InChI=1S/C26H23ClN4O2S/c1-15-23(30-9-10-34-26(30)29-15)24(32)28-14-19-12-17-13-22(17)31(19)25(33)21-8-3-2-7-20(21)16-5-4-6-18(27)11-16/h2-11,17,19,22H,12-14H2,1H3,(H,28,32)/t17-,19+,22+/m1/s1. The summed E-state index contributed by atoms with van der Waals surface area (Å²) in [4.78, 5) is 34.1. The number of piperidine rings is 1. The van der Waals surface area contributed by atoms with Gasteiger partial charge in [-0.05, 0) is 55.0 Å². The van der Waals surface area contributed by atoms with E-state index in [9.17, 15) is 9.59 Å². The lowest BCUT2D eigenvalue weighted by atomic mass is 9.98. The Morgan fingerprint density at radius 3 is 2.88 bits per heavy atom. The number of halogens is 1. The van der Waals surface area contributed by atoms with Crippen molar-refractivity contribution in [3.8, 4) is 11.1 Å². The maximum absolute atomic E-state index is 13.8. The monoisotopic (exact) mass is 490 g/mol. The zero-order valence-corrected chi connectivity index (χ0v) is 20.1. The van der Waals surface area contributed by atoms with Gasteiger partial charge in [-0.15, -0.1) is 11.3 Å². The highest BCUT2D eigenvalue weighted by Crippen LogP contribution is 2.48. The summed E-state index contributed by atoms with van der Waals surface area (Å²) in [6.07, 6.45) is 3.81. The fourth-order valence-corrected chi connectivity index (χ4v) is 6.19. The van der Waals surface area contributed by atoms with E-state index in [0.29, 0.717) is 34.4 Å². The van der Waals surface area contributed by atoms with Crippen molar-refractivity contribution >= 4 is 39.7 Å². The molecular formula is C26H23ClN4O2S. The van der Waals surface area contributed by atoms with E-state index in [4.69, 9.17) is 11.6 Å². The summed E-state index contributed by atoms with van der Waals surface area (Å²) in [7, 11) is 0. The first-order valence-electron chi connectivity index (χ1n) is 11.4. The Hall–Kier alpha value is -3.16. The Morgan fingerprint density at radius 1 is 1.18 bits per heavy atom. The third kappa shape index (κ3) is 3.60. The number of nitrogens with one attached hydrogen (secondary N) is 1. The van der Waals surface area contributed by atoms with E-state index in [-0.39, 0.29) is 23.9 Å². The molecule has 2 amide bonds. The van der Waals surface area contributed by atoms with Gasteiger partial charge in [-0.2, -0.15) is 0 Å². The summed E-state index contributed by atoms with van der Waals surface area (Å²) < 4.78 is 1.83. The number of carbonyl (C=O) groups excluding carboxylic acids is 2. The third-order valence-electron chi connectivity index (χ3n) is 6.89. The molecule has 1 saturated carbocycles. The molecule has 3 heterocycles. The number of imidazole rings is 1. The number of aryl methyl sites for hydroxylation is 1. The average Bonchev–Trinajstić information content (AvgIpc) is 3.13. The number of rotatable bonds is 5. The number of hydrogen-bond donors (Lipinski definition) is 1. The van der Waals surface area contributed by atoms with Gasteiger partial charge in [0, 0.05) is 34.7 Å². The van der Waals surface area contributed by atoms with Crippen LogP contribution in [0.15, 0.2) is 60.1 Å². The molecule has 8 heteroatoms. The Balaban J connectivity index is 1.24. The first-order chi connectivity index (χ1) is 16.5. The van der Waals surface area contributed by atoms with Crippen molar-refractivity contribution in [2.24, 2.45) is 5.92 Å². The second kappa shape index (κ2) is 8.25. The molecule has 2 aliphatic rings. The van der Waals surface area contributed by atoms with Crippen molar-refractivity contribution in [1.82, 2.24) is 19.6 Å². The van der Waals surface area contributed by atoms with E-state index in [1.165, 1.54) is 11.3 Å². The normalized spacial score (nSPS) is 21.0. The number of thiazole rings is 1. The van der Waals surface area contributed by atoms with Gasteiger partial charge in [0.1, 0.15) is 5.69 Å². The van der Waals surface area contributed by atoms with Gasteiger partial charge in [-0.25, -0.2) is 4.98 Å². The minimum atomic E-state index is -0.157. The van der Waals surface area contributed by atoms with Crippen LogP contribution in [0.1, 0.15) is 39.4 Å². The predicted octanol–water partition coefficient (Wildman–Crippen LogP) is 5.06. The van der Waals surface area contributed by atoms with E-state index in [1.807, 2.05) is 76.3 Å². The van der Waals surface area contributed by atoms with Crippen LogP contribution in [0.25, 0.3) is 16.1 Å². The molecule has 4 aromatic rings. The lowest BCUT2D eigenvalue weighted by Crippen LogP contribution is -2.45. The average molecular weight is 491 g/mol. The number of hydrogen-bond acceptors (Lipinski definition) is 4. The molecule has 2 aromatic heterocycles. The molecule has 34 heavy (non-hydrogen) atoms. The second-order valence-electron chi connectivity index (χ2n) is 9.03. The van der Waals surface area contributed by atoms with Gasteiger partial charge >= 0.3 is 0 Å².